The molecule has 0 fully saturated rings. The van der Waals surface area contributed by atoms with Crippen LogP contribution in [0, 0.1) is 6.92 Å². The fraction of sp³-hybridized carbons (Fsp3) is 0.417. The Labute approximate surface area is 96.4 Å². The molecule has 0 aromatic heterocycles. The predicted molar refractivity (Wildman–Crippen MR) is 67.4 cm³/mol. The van der Waals surface area contributed by atoms with Gasteiger partial charge in [0.15, 0.2) is 0 Å². The van der Waals surface area contributed by atoms with Gasteiger partial charge in [0.2, 0.25) is 5.91 Å². The van der Waals surface area contributed by atoms with Gasteiger partial charge in [-0.2, -0.15) is 0 Å². The van der Waals surface area contributed by atoms with Gasteiger partial charge in [0.25, 0.3) is 0 Å². The zero-order valence-electron chi connectivity index (χ0n) is 10.2. The molecule has 88 valence electrons. The molecule has 1 rings (SSSR count). The van der Waals surface area contributed by atoms with Crippen molar-refractivity contribution in [2.45, 2.75) is 19.9 Å². The van der Waals surface area contributed by atoms with Gasteiger partial charge in [0.1, 0.15) is 6.04 Å². The van der Waals surface area contributed by atoms with Crippen LogP contribution < -0.4 is 11.1 Å². The van der Waals surface area contributed by atoms with Crippen LogP contribution in [0.5, 0.6) is 0 Å². The molecule has 0 aliphatic rings. The largest absolute Gasteiger partial charge is 0.399 e. The van der Waals surface area contributed by atoms with Crippen molar-refractivity contribution in [2.75, 3.05) is 25.1 Å². The number of nitrogen functional groups attached to an aromatic ring is 1. The van der Waals surface area contributed by atoms with E-state index in [4.69, 9.17) is 5.73 Å². The predicted octanol–water partition coefficient (Wildman–Crippen LogP) is 1.47. The highest BCUT2D eigenvalue weighted by Gasteiger charge is 2.14. The third kappa shape index (κ3) is 2.89. The number of hydrogen-bond acceptors (Lipinski definition) is 3. The van der Waals surface area contributed by atoms with Crippen LogP contribution >= 0.6 is 0 Å². The molecule has 1 atom stereocenters. The molecule has 1 amide bonds. The maximum atomic E-state index is 11.7. The summed E-state index contributed by atoms with van der Waals surface area (Å²) in [6.45, 7) is 3.81. The Kier molecular flexibility index (Phi) is 3.77. The first kappa shape index (κ1) is 12.4. The Morgan fingerprint density at radius 2 is 2.06 bits per heavy atom. The molecule has 0 bridgehead atoms. The summed E-state index contributed by atoms with van der Waals surface area (Å²) in [5, 5.41) is 3.17. The van der Waals surface area contributed by atoms with Crippen molar-refractivity contribution in [3.05, 3.63) is 23.8 Å². The standard InChI is InChI=1S/C12H19N3O/c1-8-7-10(13)5-6-11(8)14-9(2)12(16)15(3)4/h5-7,9,14H,13H2,1-4H3. The maximum absolute atomic E-state index is 11.7. The smallest absolute Gasteiger partial charge is 0.244 e. The molecule has 0 saturated carbocycles. The van der Waals surface area contributed by atoms with Crippen LogP contribution in [0.1, 0.15) is 12.5 Å². The van der Waals surface area contributed by atoms with Gasteiger partial charge < -0.3 is 16.0 Å². The van der Waals surface area contributed by atoms with E-state index in [1.165, 1.54) is 0 Å². The fourth-order valence-corrected chi connectivity index (χ4v) is 1.53. The fourth-order valence-electron chi connectivity index (χ4n) is 1.53. The number of nitrogens with zero attached hydrogens (tertiary/aromatic N) is 1. The van der Waals surface area contributed by atoms with E-state index in [2.05, 4.69) is 5.32 Å². The van der Waals surface area contributed by atoms with Crippen molar-refractivity contribution in [1.82, 2.24) is 4.90 Å². The van der Waals surface area contributed by atoms with Gasteiger partial charge in [-0.15, -0.1) is 0 Å². The Morgan fingerprint density at radius 3 is 2.56 bits per heavy atom. The van der Waals surface area contributed by atoms with E-state index in [1.807, 2.05) is 32.0 Å². The van der Waals surface area contributed by atoms with Crippen LogP contribution in [-0.4, -0.2) is 30.9 Å². The van der Waals surface area contributed by atoms with Crippen LogP contribution in [-0.2, 0) is 4.79 Å². The molecule has 1 aromatic rings. The molecule has 0 aliphatic carbocycles. The van der Waals surface area contributed by atoms with Crippen molar-refractivity contribution in [1.29, 1.82) is 0 Å². The van der Waals surface area contributed by atoms with Crippen LogP contribution in [0.15, 0.2) is 18.2 Å². The molecule has 0 spiro atoms. The normalized spacial score (nSPS) is 12.0. The van der Waals surface area contributed by atoms with Crippen molar-refractivity contribution < 1.29 is 4.79 Å². The highest BCUT2D eigenvalue weighted by Crippen LogP contribution is 2.18. The number of benzene rings is 1. The first-order valence-electron chi connectivity index (χ1n) is 5.25. The Bertz CT molecular complexity index is 388. The van der Waals surface area contributed by atoms with E-state index in [1.54, 1.807) is 19.0 Å². The van der Waals surface area contributed by atoms with Gasteiger partial charge in [-0.3, -0.25) is 4.79 Å². The summed E-state index contributed by atoms with van der Waals surface area (Å²) in [4.78, 5) is 13.2. The van der Waals surface area contributed by atoms with E-state index < -0.39 is 0 Å². The third-order valence-electron chi connectivity index (χ3n) is 2.43. The molecule has 16 heavy (non-hydrogen) atoms. The van der Waals surface area contributed by atoms with Crippen LogP contribution in [0.2, 0.25) is 0 Å². The lowest BCUT2D eigenvalue weighted by atomic mass is 10.1. The average molecular weight is 221 g/mol. The average Bonchev–Trinajstić information content (AvgIpc) is 2.20. The number of hydrogen-bond donors (Lipinski definition) is 2. The van der Waals surface area contributed by atoms with E-state index in [0.29, 0.717) is 0 Å². The number of nitrogens with one attached hydrogen (secondary N) is 1. The number of nitrogens with two attached hydrogens (primary N) is 1. The second-order valence-corrected chi connectivity index (χ2v) is 4.17. The lowest BCUT2D eigenvalue weighted by molar-refractivity contribution is -0.129. The minimum absolute atomic E-state index is 0.0521. The SMILES string of the molecule is Cc1cc(N)ccc1NC(C)C(=O)N(C)C. The number of carbonyl (C=O) groups is 1. The molecular formula is C12H19N3O. The first-order valence-corrected chi connectivity index (χ1v) is 5.25. The Balaban J connectivity index is 2.77. The number of anilines is 2. The van der Waals surface area contributed by atoms with Gasteiger partial charge >= 0.3 is 0 Å². The summed E-state index contributed by atoms with van der Waals surface area (Å²) >= 11 is 0. The van der Waals surface area contributed by atoms with Gasteiger partial charge in [0.05, 0.1) is 0 Å². The zero-order chi connectivity index (χ0) is 12.3. The zero-order valence-corrected chi connectivity index (χ0v) is 10.2. The lowest BCUT2D eigenvalue weighted by Gasteiger charge is -2.20. The lowest BCUT2D eigenvalue weighted by Crippen LogP contribution is -2.36. The highest BCUT2D eigenvalue weighted by molar-refractivity contribution is 5.84. The number of likely N-dealkylation sites (N-methyl/N-ethyl adjacent to an activating group) is 1. The Hall–Kier alpha value is -1.71. The third-order valence-corrected chi connectivity index (χ3v) is 2.43. The van der Waals surface area contributed by atoms with Gasteiger partial charge in [-0.1, -0.05) is 0 Å². The van der Waals surface area contributed by atoms with Crippen LogP contribution in [0.4, 0.5) is 11.4 Å². The second kappa shape index (κ2) is 4.88. The molecule has 1 aromatic carbocycles. The molecule has 0 heterocycles. The first-order chi connectivity index (χ1) is 7.41. The summed E-state index contributed by atoms with van der Waals surface area (Å²) in [6.07, 6.45) is 0. The number of carbonyl (C=O) groups excluding carboxylic acids is 1. The van der Waals surface area contributed by atoms with E-state index in [0.717, 1.165) is 16.9 Å². The van der Waals surface area contributed by atoms with Crippen molar-refractivity contribution in [2.24, 2.45) is 0 Å². The molecular weight excluding hydrogens is 202 g/mol. The minimum atomic E-state index is -0.239. The molecule has 3 N–H and O–H groups in total. The molecule has 4 nitrogen and oxygen atoms in total. The Morgan fingerprint density at radius 1 is 1.44 bits per heavy atom. The highest BCUT2D eigenvalue weighted by atomic mass is 16.2. The topological polar surface area (TPSA) is 58.4 Å². The quantitative estimate of drug-likeness (QED) is 0.760. The summed E-state index contributed by atoms with van der Waals surface area (Å²) in [7, 11) is 3.49. The number of amides is 1. The molecule has 1 unspecified atom stereocenters. The summed E-state index contributed by atoms with van der Waals surface area (Å²) < 4.78 is 0. The molecule has 0 aliphatic heterocycles. The van der Waals surface area contributed by atoms with Crippen molar-refractivity contribution in [3.63, 3.8) is 0 Å². The van der Waals surface area contributed by atoms with Gasteiger partial charge in [-0.25, -0.2) is 0 Å². The molecule has 0 saturated heterocycles. The van der Waals surface area contributed by atoms with E-state index >= 15 is 0 Å². The van der Waals surface area contributed by atoms with E-state index in [9.17, 15) is 4.79 Å². The van der Waals surface area contributed by atoms with Gasteiger partial charge in [0, 0.05) is 25.5 Å². The summed E-state index contributed by atoms with van der Waals surface area (Å²) in [6, 6.07) is 5.36. The van der Waals surface area contributed by atoms with Crippen LogP contribution in [0.3, 0.4) is 0 Å². The maximum Gasteiger partial charge on any atom is 0.244 e. The molecule has 0 radical (unpaired) electrons. The second-order valence-electron chi connectivity index (χ2n) is 4.17. The van der Waals surface area contributed by atoms with Crippen LogP contribution in [0.25, 0.3) is 0 Å². The number of aryl methyl sites for hydroxylation is 1. The summed E-state index contributed by atoms with van der Waals surface area (Å²) in [5.74, 6) is 0.0521. The van der Waals surface area contributed by atoms with Crippen molar-refractivity contribution >= 4 is 17.3 Å². The summed E-state index contributed by atoms with van der Waals surface area (Å²) in [5.41, 5.74) is 8.38. The van der Waals surface area contributed by atoms with Gasteiger partial charge in [-0.05, 0) is 37.6 Å². The van der Waals surface area contributed by atoms with E-state index in [-0.39, 0.29) is 11.9 Å². The molecule has 4 heteroatoms. The number of rotatable bonds is 3. The minimum Gasteiger partial charge on any atom is -0.399 e. The van der Waals surface area contributed by atoms with Crippen molar-refractivity contribution in [3.8, 4) is 0 Å². The monoisotopic (exact) mass is 221 g/mol.